The fourth-order valence-corrected chi connectivity index (χ4v) is 2.24. The SMILES string of the molecule is [N-]=[N+]=Nc1c2ccccc2nc2c(C(N)=O)cccc12. The third kappa shape index (κ3) is 1.72. The number of amides is 1. The van der Waals surface area contributed by atoms with Crippen molar-refractivity contribution in [1.29, 1.82) is 0 Å². The molecular formula is C14H9N5O. The van der Waals surface area contributed by atoms with E-state index >= 15 is 0 Å². The van der Waals surface area contributed by atoms with Crippen LogP contribution >= 0.6 is 0 Å². The van der Waals surface area contributed by atoms with Gasteiger partial charge in [0.25, 0.3) is 5.91 Å². The summed E-state index contributed by atoms with van der Waals surface area (Å²) < 4.78 is 0. The topological polar surface area (TPSA) is 105 Å². The Bertz CT molecular complexity index is 897. The number of nitrogens with zero attached hydrogens (tertiary/aromatic N) is 4. The Morgan fingerprint density at radius 1 is 1.15 bits per heavy atom. The summed E-state index contributed by atoms with van der Waals surface area (Å²) in [4.78, 5) is 18.8. The molecule has 3 rings (SSSR count). The van der Waals surface area contributed by atoms with E-state index in [0.29, 0.717) is 27.7 Å². The predicted molar refractivity (Wildman–Crippen MR) is 76.6 cm³/mol. The van der Waals surface area contributed by atoms with Crippen LogP contribution in [0.1, 0.15) is 10.4 Å². The molecule has 3 aromatic rings. The zero-order valence-electron chi connectivity index (χ0n) is 10.3. The summed E-state index contributed by atoms with van der Waals surface area (Å²) in [5, 5.41) is 5.10. The number of aromatic nitrogens is 1. The van der Waals surface area contributed by atoms with Crippen molar-refractivity contribution in [2.24, 2.45) is 10.8 Å². The van der Waals surface area contributed by atoms with E-state index in [4.69, 9.17) is 11.3 Å². The van der Waals surface area contributed by atoms with Crippen molar-refractivity contribution in [3.8, 4) is 0 Å². The van der Waals surface area contributed by atoms with Gasteiger partial charge in [0.1, 0.15) is 0 Å². The minimum absolute atomic E-state index is 0.308. The molecule has 0 aliphatic heterocycles. The molecule has 0 saturated heterocycles. The highest BCUT2D eigenvalue weighted by atomic mass is 16.1. The molecule has 20 heavy (non-hydrogen) atoms. The fraction of sp³-hybridized carbons (Fsp3) is 0. The summed E-state index contributed by atoms with van der Waals surface area (Å²) in [7, 11) is 0. The van der Waals surface area contributed by atoms with Gasteiger partial charge in [0, 0.05) is 15.7 Å². The predicted octanol–water partition coefficient (Wildman–Crippen LogP) is 3.43. The van der Waals surface area contributed by atoms with Gasteiger partial charge < -0.3 is 5.73 Å². The van der Waals surface area contributed by atoms with Crippen LogP contribution in [0.5, 0.6) is 0 Å². The van der Waals surface area contributed by atoms with E-state index in [9.17, 15) is 4.79 Å². The Morgan fingerprint density at radius 2 is 1.90 bits per heavy atom. The van der Waals surface area contributed by atoms with E-state index in [1.54, 1.807) is 24.3 Å². The highest BCUT2D eigenvalue weighted by Crippen LogP contribution is 2.34. The first-order valence-electron chi connectivity index (χ1n) is 5.88. The summed E-state index contributed by atoms with van der Waals surface area (Å²) in [5.74, 6) is -0.565. The van der Waals surface area contributed by atoms with E-state index in [1.807, 2.05) is 18.2 Å². The van der Waals surface area contributed by atoms with Gasteiger partial charge in [0.2, 0.25) is 0 Å². The number of carbonyl (C=O) groups is 1. The van der Waals surface area contributed by atoms with E-state index in [0.717, 1.165) is 5.39 Å². The number of primary amides is 1. The molecule has 0 aliphatic carbocycles. The maximum atomic E-state index is 11.5. The van der Waals surface area contributed by atoms with Crippen LogP contribution in [-0.4, -0.2) is 10.9 Å². The summed E-state index contributed by atoms with van der Waals surface area (Å²) in [6.07, 6.45) is 0. The molecule has 2 aromatic carbocycles. The lowest BCUT2D eigenvalue weighted by molar-refractivity contribution is 0.100. The van der Waals surface area contributed by atoms with Crippen molar-refractivity contribution in [1.82, 2.24) is 4.98 Å². The maximum Gasteiger partial charge on any atom is 0.250 e. The van der Waals surface area contributed by atoms with Gasteiger partial charge in [0.05, 0.1) is 22.3 Å². The molecular weight excluding hydrogens is 254 g/mol. The summed E-state index contributed by atoms with van der Waals surface area (Å²) >= 11 is 0. The van der Waals surface area contributed by atoms with E-state index in [-0.39, 0.29) is 0 Å². The largest absolute Gasteiger partial charge is 0.366 e. The Kier molecular flexibility index (Phi) is 2.71. The number of hydrogen-bond donors (Lipinski definition) is 1. The number of benzene rings is 2. The van der Waals surface area contributed by atoms with Gasteiger partial charge >= 0.3 is 0 Å². The first-order chi connectivity index (χ1) is 9.72. The zero-order chi connectivity index (χ0) is 14.1. The van der Waals surface area contributed by atoms with Crippen molar-refractivity contribution >= 4 is 33.4 Å². The summed E-state index contributed by atoms with van der Waals surface area (Å²) in [5.41, 5.74) is 16.0. The lowest BCUT2D eigenvalue weighted by Crippen LogP contribution is -2.11. The van der Waals surface area contributed by atoms with Crippen LogP contribution < -0.4 is 5.73 Å². The van der Waals surface area contributed by atoms with E-state index in [2.05, 4.69) is 15.0 Å². The minimum Gasteiger partial charge on any atom is -0.366 e. The molecule has 2 N–H and O–H groups in total. The molecule has 1 heterocycles. The van der Waals surface area contributed by atoms with Gasteiger partial charge in [-0.25, -0.2) is 4.98 Å². The van der Waals surface area contributed by atoms with Crippen LogP contribution in [0, 0.1) is 0 Å². The Hall–Kier alpha value is -3.11. The molecule has 1 aromatic heterocycles. The molecule has 0 spiro atoms. The average Bonchev–Trinajstić information content (AvgIpc) is 2.46. The second-order valence-corrected chi connectivity index (χ2v) is 4.23. The Morgan fingerprint density at radius 3 is 2.65 bits per heavy atom. The summed E-state index contributed by atoms with van der Waals surface area (Å²) in [6, 6.07) is 12.3. The monoisotopic (exact) mass is 263 g/mol. The first-order valence-corrected chi connectivity index (χ1v) is 5.88. The molecule has 1 amide bonds. The molecule has 0 unspecified atom stereocenters. The smallest absolute Gasteiger partial charge is 0.250 e. The number of rotatable bonds is 2. The Labute approximate surface area is 113 Å². The van der Waals surface area contributed by atoms with Crippen LogP contribution in [0.2, 0.25) is 0 Å². The fourth-order valence-electron chi connectivity index (χ4n) is 2.24. The quantitative estimate of drug-likeness (QED) is 0.331. The number of azide groups is 1. The molecule has 0 radical (unpaired) electrons. The van der Waals surface area contributed by atoms with Crippen LogP contribution in [0.15, 0.2) is 47.6 Å². The minimum atomic E-state index is -0.565. The molecule has 0 saturated carbocycles. The summed E-state index contributed by atoms with van der Waals surface area (Å²) in [6.45, 7) is 0. The second kappa shape index (κ2) is 4.53. The van der Waals surface area contributed by atoms with Crippen LogP contribution in [0.4, 0.5) is 5.69 Å². The lowest BCUT2D eigenvalue weighted by atomic mass is 10.0. The number of fused-ring (bicyclic) bond motifs is 2. The van der Waals surface area contributed by atoms with Crippen molar-refractivity contribution in [3.63, 3.8) is 0 Å². The van der Waals surface area contributed by atoms with Crippen molar-refractivity contribution in [2.75, 3.05) is 0 Å². The number of hydrogen-bond acceptors (Lipinski definition) is 3. The number of carbonyl (C=O) groups excluding carboxylic acids is 1. The second-order valence-electron chi connectivity index (χ2n) is 4.23. The average molecular weight is 263 g/mol. The van der Waals surface area contributed by atoms with Gasteiger partial charge in [-0.05, 0) is 17.7 Å². The molecule has 0 fully saturated rings. The molecule has 6 nitrogen and oxygen atoms in total. The highest BCUT2D eigenvalue weighted by molar-refractivity contribution is 6.12. The molecule has 0 aliphatic rings. The van der Waals surface area contributed by atoms with E-state index in [1.165, 1.54) is 0 Å². The normalized spacial score (nSPS) is 10.4. The van der Waals surface area contributed by atoms with Gasteiger partial charge in [0.15, 0.2) is 0 Å². The van der Waals surface area contributed by atoms with Crippen LogP contribution in [-0.2, 0) is 0 Å². The van der Waals surface area contributed by atoms with Gasteiger partial charge in [-0.3, -0.25) is 4.79 Å². The highest BCUT2D eigenvalue weighted by Gasteiger charge is 2.13. The van der Waals surface area contributed by atoms with Gasteiger partial charge in [-0.15, -0.1) is 0 Å². The van der Waals surface area contributed by atoms with E-state index < -0.39 is 5.91 Å². The molecule has 6 heteroatoms. The van der Waals surface area contributed by atoms with Crippen molar-refractivity contribution in [3.05, 3.63) is 58.5 Å². The third-order valence-corrected chi connectivity index (χ3v) is 3.09. The number of pyridine rings is 1. The molecule has 0 atom stereocenters. The lowest BCUT2D eigenvalue weighted by Gasteiger charge is -2.08. The Balaban J connectivity index is 2.59. The van der Waals surface area contributed by atoms with Crippen LogP contribution in [0.25, 0.3) is 32.2 Å². The first kappa shape index (κ1) is 12.0. The van der Waals surface area contributed by atoms with Crippen LogP contribution in [0.3, 0.4) is 0 Å². The number of para-hydroxylation sites is 2. The third-order valence-electron chi connectivity index (χ3n) is 3.09. The maximum absolute atomic E-state index is 11.5. The standard InChI is InChI=1S/C14H9N5O/c15-14(20)10-6-3-5-9-12(10)17-11-7-2-1-4-8(11)13(9)18-19-16/h1-7H,(H2,15,20). The molecule has 96 valence electrons. The van der Waals surface area contributed by atoms with Gasteiger partial charge in [-0.2, -0.15) is 0 Å². The van der Waals surface area contributed by atoms with Crippen molar-refractivity contribution in [2.45, 2.75) is 0 Å². The van der Waals surface area contributed by atoms with Crippen molar-refractivity contribution < 1.29 is 4.79 Å². The molecule has 0 bridgehead atoms. The van der Waals surface area contributed by atoms with Gasteiger partial charge in [-0.1, -0.05) is 35.4 Å². The zero-order valence-corrected chi connectivity index (χ0v) is 10.3. The number of nitrogens with two attached hydrogens (primary N) is 1.